The Morgan fingerprint density at radius 3 is 2.59 bits per heavy atom. The number of aliphatic hydroxyl groups excluding tert-OH is 1. The molecule has 0 fully saturated rings. The second kappa shape index (κ2) is 10.1. The van der Waals surface area contributed by atoms with Gasteiger partial charge in [-0.2, -0.15) is 0 Å². The number of allylic oxidation sites excluding steroid dienone is 1. The third-order valence-corrected chi connectivity index (χ3v) is 7.14. The summed E-state index contributed by atoms with van der Waals surface area (Å²) in [5, 5.41) is 10.6. The lowest BCUT2D eigenvalue weighted by Crippen LogP contribution is -2.22. The van der Waals surface area contributed by atoms with E-state index in [9.17, 15) is 17.9 Å². The van der Waals surface area contributed by atoms with Crippen LogP contribution in [0.2, 0.25) is 0 Å². The molecule has 2 aromatic heterocycles. The number of sulfonamides is 1. The molecule has 3 rings (SSSR count). The number of pyridine rings is 1. The maximum absolute atomic E-state index is 14.5. The van der Waals surface area contributed by atoms with Crippen LogP contribution in [0, 0.1) is 0 Å². The predicted molar refractivity (Wildman–Crippen MR) is 124 cm³/mol. The van der Waals surface area contributed by atoms with E-state index in [1.54, 1.807) is 48.0 Å². The van der Waals surface area contributed by atoms with Gasteiger partial charge < -0.3 is 9.67 Å². The smallest absolute Gasteiger partial charge is 0.242 e. The van der Waals surface area contributed by atoms with Crippen LogP contribution in [0.3, 0.4) is 0 Å². The van der Waals surface area contributed by atoms with Gasteiger partial charge in [0.15, 0.2) is 0 Å². The number of halogens is 2. The van der Waals surface area contributed by atoms with Crippen molar-refractivity contribution in [1.82, 2.24) is 18.7 Å². The molecule has 7 nitrogen and oxygen atoms in total. The quantitative estimate of drug-likeness (QED) is 0.457. The van der Waals surface area contributed by atoms with Crippen molar-refractivity contribution in [2.75, 3.05) is 20.6 Å². The summed E-state index contributed by atoms with van der Waals surface area (Å²) in [6.45, 7) is 1.73. The molecule has 1 unspecified atom stereocenters. The number of nitrogens with one attached hydrogen (secondary N) is 1. The normalized spacial score (nSPS) is 13.8. The molecule has 172 valence electrons. The van der Waals surface area contributed by atoms with Gasteiger partial charge in [0, 0.05) is 38.8 Å². The zero-order valence-electron chi connectivity index (χ0n) is 18.1. The molecule has 0 saturated heterocycles. The minimum Gasteiger partial charge on any atom is -0.387 e. The lowest BCUT2D eigenvalue weighted by molar-refractivity contribution is 0.189. The van der Waals surface area contributed by atoms with Gasteiger partial charge in [-0.3, -0.25) is 4.98 Å². The van der Waals surface area contributed by atoms with Gasteiger partial charge in [-0.05, 0) is 54.6 Å². The maximum Gasteiger partial charge on any atom is 0.242 e. The molecule has 0 radical (unpaired) electrons. The van der Waals surface area contributed by atoms with Crippen LogP contribution in [0.1, 0.15) is 29.8 Å². The monoisotopic (exact) mass is 480 g/mol. The van der Waals surface area contributed by atoms with E-state index < -0.39 is 22.0 Å². The van der Waals surface area contributed by atoms with Crippen molar-refractivity contribution in [3.63, 3.8) is 0 Å². The first-order chi connectivity index (χ1) is 15.2. The van der Waals surface area contributed by atoms with Gasteiger partial charge in [-0.15, -0.1) is 0 Å². The number of aromatic nitrogens is 2. The van der Waals surface area contributed by atoms with Crippen molar-refractivity contribution in [2.24, 2.45) is 0 Å². The summed E-state index contributed by atoms with van der Waals surface area (Å²) in [6, 6.07) is 10.2. The molecule has 2 heterocycles. The second-order valence-electron chi connectivity index (χ2n) is 7.59. The van der Waals surface area contributed by atoms with Crippen LogP contribution in [-0.2, 0) is 23.0 Å². The first-order valence-electron chi connectivity index (χ1n) is 10.00. The number of benzene rings is 1. The number of fused-ring (bicyclic) bond motifs is 1. The Morgan fingerprint density at radius 1 is 1.31 bits per heavy atom. The van der Waals surface area contributed by atoms with E-state index in [0.717, 1.165) is 15.4 Å². The van der Waals surface area contributed by atoms with Gasteiger partial charge in [0.1, 0.15) is 5.83 Å². The van der Waals surface area contributed by atoms with Gasteiger partial charge in [0.05, 0.1) is 34.3 Å². The molecule has 10 heteroatoms. The lowest BCUT2D eigenvalue weighted by Gasteiger charge is -2.14. The highest BCUT2D eigenvalue weighted by Crippen LogP contribution is 2.32. The van der Waals surface area contributed by atoms with E-state index in [1.807, 2.05) is 6.07 Å². The molecule has 3 aromatic rings. The zero-order valence-corrected chi connectivity index (χ0v) is 19.7. The third-order valence-electron chi connectivity index (χ3n) is 5.15. The molecule has 0 amide bonds. The molecule has 0 saturated carbocycles. The standard InChI is InChI=1S/C22H26ClFN4O3S/c1-15(29)22-19(13-16-6-8-18(9-7-16)32(30,31)27(2)3)21-20(5-4-11-25-21)28(22)14-17(24)10-12-26-23/h4-11,15,26,29H,12-14H2,1-3H3/b17-10-. The molecule has 32 heavy (non-hydrogen) atoms. The van der Waals surface area contributed by atoms with E-state index in [1.165, 1.54) is 20.2 Å². The average Bonchev–Trinajstić information content (AvgIpc) is 3.06. The van der Waals surface area contributed by atoms with E-state index >= 15 is 0 Å². The summed E-state index contributed by atoms with van der Waals surface area (Å²) in [5.74, 6) is -0.398. The van der Waals surface area contributed by atoms with Gasteiger partial charge in [-0.25, -0.2) is 21.9 Å². The van der Waals surface area contributed by atoms with E-state index in [2.05, 4.69) is 9.82 Å². The SMILES string of the molecule is CC(O)c1c(Cc2ccc(S(=O)(=O)N(C)C)cc2)c2ncccc2n1C/C(F)=C/CNCl. The van der Waals surface area contributed by atoms with Crippen LogP contribution in [0.25, 0.3) is 11.0 Å². The second-order valence-corrected chi connectivity index (χ2v) is 10.0. The number of hydrogen-bond donors (Lipinski definition) is 2. The molecule has 0 aliphatic heterocycles. The van der Waals surface area contributed by atoms with E-state index in [0.29, 0.717) is 23.1 Å². The molecule has 0 aliphatic rings. The summed E-state index contributed by atoms with van der Waals surface area (Å²) in [5.41, 5.74) is 3.54. The van der Waals surface area contributed by atoms with Crippen molar-refractivity contribution >= 4 is 32.8 Å². The third kappa shape index (κ3) is 5.02. The fourth-order valence-electron chi connectivity index (χ4n) is 3.64. The van der Waals surface area contributed by atoms with Crippen LogP contribution in [0.4, 0.5) is 4.39 Å². The van der Waals surface area contributed by atoms with Gasteiger partial charge in [0.25, 0.3) is 0 Å². The summed E-state index contributed by atoms with van der Waals surface area (Å²) in [4.78, 5) is 7.04. The molecule has 1 aromatic carbocycles. The lowest BCUT2D eigenvalue weighted by atomic mass is 10.0. The minimum absolute atomic E-state index is 0.0684. The highest BCUT2D eigenvalue weighted by Gasteiger charge is 2.23. The van der Waals surface area contributed by atoms with Crippen molar-refractivity contribution in [1.29, 1.82) is 0 Å². The molecular formula is C22H26ClFN4O3S. The van der Waals surface area contributed by atoms with Crippen LogP contribution in [-0.4, -0.2) is 48.0 Å². The highest BCUT2D eigenvalue weighted by molar-refractivity contribution is 7.89. The summed E-state index contributed by atoms with van der Waals surface area (Å²) >= 11 is 5.42. The van der Waals surface area contributed by atoms with Crippen molar-refractivity contribution in [2.45, 2.75) is 30.9 Å². The Balaban J connectivity index is 2.06. The number of aliphatic hydroxyl groups is 1. The predicted octanol–water partition coefficient (Wildman–Crippen LogP) is 3.53. The molecule has 0 bridgehead atoms. The molecular weight excluding hydrogens is 455 g/mol. The van der Waals surface area contributed by atoms with Crippen LogP contribution in [0.5, 0.6) is 0 Å². The summed E-state index contributed by atoms with van der Waals surface area (Å²) in [7, 11) is -0.562. The Kier molecular flexibility index (Phi) is 7.68. The summed E-state index contributed by atoms with van der Waals surface area (Å²) in [6.07, 6.45) is 2.52. The highest BCUT2D eigenvalue weighted by atomic mass is 35.5. The number of nitrogens with zero attached hydrogens (tertiary/aromatic N) is 3. The minimum atomic E-state index is -3.53. The molecule has 0 aliphatic carbocycles. The summed E-state index contributed by atoms with van der Waals surface area (Å²) < 4.78 is 42.0. The molecule has 1 atom stereocenters. The van der Waals surface area contributed by atoms with E-state index in [-0.39, 0.29) is 18.0 Å². The van der Waals surface area contributed by atoms with Crippen molar-refractivity contribution in [3.8, 4) is 0 Å². The zero-order chi connectivity index (χ0) is 23.5. The number of hydrogen-bond acceptors (Lipinski definition) is 5. The molecule has 2 N–H and O–H groups in total. The van der Waals surface area contributed by atoms with Gasteiger partial charge in [0.2, 0.25) is 10.0 Å². The van der Waals surface area contributed by atoms with E-state index in [4.69, 9.17) is 11.8 Å². The Hall–Kier alpha value is -2.30. The first kappa shape index (κ1) is 24.3. The van der Waals surface area contributed by atoms with Crippen molar-refractivity contribution in [3.05, 3.63) is 71.3 Å². The fraction of sp³-hybridized carbons (Fsp3) is 0.318. The Bertz CT molecular complexity index is 1220. The average molecular weight is 481 g/mol. The largest absolute Gasteiger partial charge is 0.387 e. The first-order valence-corrected chi connectivity index (χ1v) is 11.8. The van der Waals surface area contributed by atoms with Crippen LogP contribution < -0.4 is 4.84 Å². The molecule has 0 spiro atoms. The Labute approximate surface area is 192 Å². The van der Waals surface area contributed by atoms with Gasteiger partial charge >= 0.3 is 0 Å². The van der Waals surface area contributed by atoms with Crippen LogP contribution in [0.15, 0.2) is 59.4 Å². The maximum atomic E-state index is 14.5. The van der Waals surface area contributed by atoms with Crippen LogP contribution >= 0.6 is 11.8 Å². The van der Waals surface area contributed by atoms with Gasteiger partial charge in [-0.1, -0.05) is 12.1 Å². The van der Waals surface area contributed by atoms with Crippen molar-refractivity contribution < 1.29 is 17.9 Å². The Morgan fingerprint density at radius 2 is 2.00 bits per heavy atom. The number of rotatable bonds is 9. The fourth-order valence-corrected chi connectivity index (χ4v) is 4.62. The topological polar surface area (TPSA) is 87.5 Å².